The Morgan fingerprint density at radius 2 is 2.11 bits per heavy atom. The van der Waals surface area contributed by atoms with Crippen molar-refractivity contribution >= 4 is 11.8 Å². The number of nitrogens with two attached hydrogens (primary N) is 1. The van der Waals surface area contributed by atoms with Gasteiger partial charge in [0.05, 0.1) is 6.07 Å². The van der Waals surface area contributed by atoms with E-state index >= 15 is 0 Å². The summed E-state index contributed by atoms with van der Waals surface area (Å²) >= 11 is 1.74. The molecule has 1 fully saturated rings. The minimum Gasteiger partial charge on any atom is -0.312 e. The van der Waals surface area contributed by atoms with Gasteiger partial charge in [-0.1, -0.05) is 6.07 Å². The molecule has 1 aromatic rings. The van der Waals surface area contributed by atoms with Crippen molar-refractivity contribution in [3.63, 3.8) is 0 Å². The summed E-state index contributed by atoms with van der Waals surface area (Å²) in [5.41, 5.74) is 8.55. The molecule has 2 aliphatic rings. The molecule has 18 heavy (non-hydrogen) atoms. The quantitative estimate of drug-likeness (QED) is 0.845. The van der Waals surface area contributed by atoms with Gasteiger partial charge in [-0.2, -0.15) is 5.26 Å². The van der Waals surface area contributed by atoms with Crippen LogP contribution in [0.2, 0.25) is 0 Å². The maximum Gasteiger partial charge on any atom is 0.116 e. The average molecular weight is 258 g/mol. The Labute approximate surface area is 113 Å². The number of hydrogen-bond acceptors (Lipinski definition) is 3. The Kier molecular flexibility index (Phi) is 3.09. The number of benzene rings is 1. The number of aryl methyl sites for hydroxylation is 2. The predicted octanol–water partition coefficient (Wildman–Crippen LogP) is 2.90. The van der Waals surface area contributed by atoms with Crippen LogP contribution in [0.25, 0.3) is 0 Å². The highest BCUT2D eigenvalue weighted by molar-refractivity contribution is 7.99. The molecule has 0 saturated heterocycles. The molecular weight excluding hydrogens is 240 g/mol. The van der Waals surface area contributed by atoms with E-state index in [9.17, 15) is 5.26 Å². The second-order valence-corrected chi connectivity index (χ2v) is 6.55. The summed E-state index contributed by atoms with van der Waals surface area (Å²) in [6.45, 7) is 0. The van der Waals surface area contributed by atoms with Crippen molar-refractivity contribution in [2.75, 3.05) is 5.75 Å². The molecular formula is C15H18N2S. The lowest BCUT2D eigenvalue weighted by atomic mass is 10.00. The highest BCUT2D eigenvalue weighted by Gasteiger charge is 2.42. The summed E-state index contributed by atoms with van der Waals surface area (Å²) in [6, 6.07) is 9.03. The third kappa shape index (κ3) is 2.28. The molecule has 0 radical (unpaired) electrons. The van der Waals surface area contributed by atoms with E-state index in [1.54, 1.807) is 11.8 Å². The van der Waals surface area contributed by atoms with E-state index in [4.69, 9.17) is 5.73 Å². The molecule has 1 atom stereocenters. The number of rotatable bonds is 4. The van der Waals surface area contributed by atoms with Crippen molar-refractivity contribution in [3.05, 3.63) is 29.3 Å². The van der Waals surface area contributed by atoms with Crippen molar-refractivity contribution in [1.82, 2.24) is 0 Å². The summed E-state index contributed by atoms with van der Waals surface area (Å²) in [4.78, 5) is 1.27. The molecule has 2 aliphatic carbocycles. The number of nitriles is 1. The van der Waals surface area contributed by atoms with Gasteiger partial charge in [0.2, 0.25) is 0 Å². The van der Waals surface area contributed by atoms with E-state index in [0.717, 1.165) is 12.8 Å². The second-order valence-electron chi connectivity index (χ2n) is 5.50. The minimum atomic E-state index is -0.621. The van der Waals surface area contributed by atoms with Crippen LogP contribution in [0.4, 0.5) is 0 Å². The Morgan fingerprint density at radius 3 is 2.83 bits per heavy atom. The fraction of sp³-hybridized carbons (Fsp3) is 0.533. The third-order valence-corrected chi connectivity index (χ3v) is 5.27. The fourth-order valence-corrected chi connectivity index (χ4v) is 3.78. The maximum atomic E-state index is 9.24. The molecule has 0 aromatic heterocycles. The lowest BCUT2D eigenvalue weighted by Crippen LogP contribution is -2.43. The van der Waals surface area contributed by atoms with Crippen LogP contribution in [0.15, 0.2) is 23.1 Å². The van der Waals surface area contributed by atoms with Gasteiger partial charge in [0.15, 0.2) is 0 Å². The van der Waals surface area contributed by atoms with Gasteiger partial charge < -0.3 is 5.73 Å². The zero-order valence-electron chi connectivity index (χ0n) is 10.5. The Balaban J connectivity index is 1.68. The summed E-state index contributed by atoms with van der Waals surface area (Å²) in [5, 5.41) is 9.24. The van der Waals surface area contributed by atoms with Gasteiger partial charge in [-0.15, -0.1) is 11.8 Å². The average Bonchev–Trinajstić information content (AvgIpc) is 3.15. The van der Waals surface area contributed by atoms with Gasteiger partial charge >= 0.3 is 0 Å². The molecule has 2 nitrogen and oxygen atoms in total. The molecule has 94 valence electrons. The van der Waals surface area contributed by atoms with E-state index in [1.807, 2.05) is 0 Å². The lowest BCUT2D eigenvalue weighted by Gasteiger charge is -2.20. The van der Waals surface area contributed by atoms with Crippen LogP contribution in [0.3, 0.4) is 0 Å². The SMILES string of the molecule is N#CC(N)(CSc1ccc2c(c1)CCC2)C1CC1. The smallest absolute Gasteiger partial charge is 0.116 e. The van der Waals surface area contributed by atoms with Crippen LogP contribution in [-0.2, 0) is 12.8 Å². The van der Waals surface area contributed by atoms with Gasteiger partial charge in [-0.05, 0) is 61.3 Å². The molecule has 3 rings (SSSR count). The monoisotopic (exact) mass is 258 g/mol. The van der Waals surface area contributed by atoms with E-state index in [-0.39, 0.29) is 0 Å². The Bertz CT molecular complexity index is 502. The van der Waals surface area contributed by atoms with E-state index in [0.29, 0.717) is 11.7 Å². The summed E-state index contributed by atoms with van der Waals surface area (Å²) in [6.07, 6.45) is 5.95. The van der Waals surface area contributed by atoms with Crippen molar-refractivity contribution in [2.45, 2.75) is 42.5 Å². The number of nitrogens with zero attached hydrogens (tertiary/aromatic N) is 1. The highest BCUT2D eigenvalue weighted by atomic mass is 32.2. The second kappa shape index (κ2) is 4.60. The molecule has 1 aromatic carbocycles. The molecule has 0 heterocycles. The van der Waals surface area contributed by atoms with Crippen LogP contribution in [0.1, 0.15) is 30.4 Å². The standard InChI is InChI=1S/C15H18N2S/c16-9-15(17,13-5-6-13)10-18-14-7-4-11-2-1-3-12(11)8-14/h4,7-8,13H,1-3,5-6,10,17H2. The number of fused-ring (bicyclic) bond motifs is 1. The van der Waals surface area contributed by atoms with E-state index in [2.05, 4.69) is 24.3 Å². The normalized spacial score (nSPS) is 21.1. The maximum absolute atomic E-state index is 9.24. The predicted molar refractivity (Wildman–Crippen MR) is 74.4 cm³/mol. The first kappa shape index (κ1) is 12.1. The summed E-state index contributed by atoms with van der Waals surface area (Å²) in [7, 11) is 0. The summed E-state index contributed by atoms with van der Waals surface area (Å²) < 4.78 is 0. The van der Waals surface area contributed by atoms with E-state index < -0.39 is 5.54 Å². The molecule has 1 saturated carbocycles. The van der Waals surface area contributed by atoms with Crippen LogP contribution in [0.5, 0.6) is 0 Å². The van der Waals surface area contributed by atoms with Crippen LogP contribution < -0.4 is 5.73 Å². The Hall–Kier alpha value is -0.980. The lowest BCUT2D eigenvalue weighted by molar-refractivity contribution is 0.532. The minimum absolute atomic E-state index is 0.421. The fourth-order valence-electron chi connectivity index (χ4n) is 2.68. The van der Waals surface area contributed by atoms with Crippen molar-refractivity contribution < 1.29 is 0 Å². The van der Waals surface area contributed by atoms with Crippen LogP contribution >= 0.6 is 11.8 Å². The van der Waals surface area contributed by atoms with Crippen molar-refractivity contribution in [2.24, 2.45) is 11.7 Å². The third-order valence-electron chi connectivity index (χ3n) is 4.06. The number of thioether (sulfide) groups is 1. The zero-order valence-corrected chi connectivity index (χ0v) is 11.3. The van der Waals surface area contributed by atoms with Gasteiger partial charge in [0, 0.05) is 10.6 Å². The van der Waals surface area contributed by atoms with E-state index in [1.165, 1.54) is 35.3 Å². The molecule has 2 N–H and O–H groups in total. The molecule has 3 heteroatoms. The van der Waals surface area contributed by atoms with Crippen molar-refractivity contribution in [3.8, 4) is 6.07 Å². The van der Waals surface area contributed by atoms with Gasteiger partial charge in [0.1, 0.15) is 5.54 Å². The zero-order chi connectivity index (χ0) is 12.6. The van der Waals surface area contributed by atoms with Gasteiger partial charge in [-0.3, -0.25) is 0 Å². The molecule has 0 amide bonds. The first-order valence-electron chi connectivity index (χ1n) is 6.66. The first-order chi connectivity index (χ1) is 8.71. The molecule has 0 bridgehead atoms. The topological polar surface area (TPSA) is 49.8 Å². The number of hydrogen-bond donors (Lipinski definition) is 1. The first-order valence-corrected chi connectivity index (χ1v) is 7.64. The van der Waals surface area contributed by atoms with Gasteiger partial charge in [0.25, 0.3) is 0 Å². The Morgan fingerprint density at radius 1 is 1.33 bits per heavy atom. The highest BCUT2D eigenvalue weighted by Crippen LogP contribution is 2.40. The van der Waals surface area contributed by atoms with Gasteiger partial charge in [-0.25, -0.2) is 0 Å². The van der Waals surface area contributed by atoms with Crippen LogP contribution in [0, 0.1) is 17.2 Å². The largest absolute Gasteiger partial charge is 0.312 e. The molecule has 0 aliphatic heterocycles. The molecule has 1 unspecified atom stereocenters. The molecule has 0 spiro atoms. The van der Waals surface area contributed by atoms with Crippen molar-refractivity contribution in [1.29, 1.82) is 5.26 Å². The summed E-state index contributed by atoms with van der Waals surface area (Å²) in [5.74, 6) is 1.14. The van der Waals surface area contributed by atoms with Crippen LogP contribution in [-0.4, -0.2) is 11.3 Å².